The summed E-state index contributed by atoms with van der Waals surface area (Å²) in [6, 6.07) is -1.82. The summed E-state index contributed by atoms with van der Waals surface area (Å²) in [5, 5.41) is 46.0. The second kappa shape index (κ2) is 5.24. The van der Waals surface area contributed by atoms with Gasteiger partial charge in [-0.25, -0.2) is 4.79 Å². The van der Waals surface area contributed by atoms with Crippen LogP contribution in [0.4, 0.5) is 4.79 Å². The Kier molecular flexibility index (Phi) is 3.57. The Morgan fingerprint density at radius 1 is 1.50 bits per heavy atom. The first kappa shape index (κ1) is 16.3. The predicted octanol–water partition coefficient (Wildman–Crippen LogP) is -2.49. The van der Waals surface area contributed by atoms with Crippen LogP contribution in [0.25, 0.3) is 0 Å². The Labute approximate surface area is 137 Å². The maximum absolute atomic E-state index is 10.9. The third kappa shape index (κ3) is 2.08. The van der Waals surface area contributed by atoms with Crippen molar-refractivity contribution in [3.63, 3.8) is 0 Å². The zero-order valence-corrected chi connectivity index (χ0v) is 12.9. The van der Waals surface area contributed by atoms with Gasteiger partial charge in [0.15, 0.2) is 17.6 Å². The maximum Gasteiger partial charge on any atom is 0.404 e. The molecular formula is C13H21N7O4. The molecule has 3 aliphatic heterocycles. The van der Waals surface area contributed by atoms with E-state index < -0.39 is 35.7 Å². The molecule has 0 radical (unpaired) electrons. The third-order valence-corrected chi connectivity index (χ3v) is 4.75. The van der Waals surface area contributed by atoms with Crippen molar-refractivity contribution in [3.05, 3.63) is 12.7 Å². The Morgan fingerprint density at radius 3 is 2.83 bits per heavy atom. The number of guanidine groups is 2. The number of hydrogen-bond donors (Lipinski definition) is 8. The normalized spacial score (nSPS) is 36.1. The lowest BCUT2D eigenvalue weighted by molar-refractivity contribution is -0.223. The van der Waals surface area contributed by atoms with E-state index in [9.17, 15) is 15.0 Å². The molecule has 3 heterocycles. The lowest BCUT2D eigenvalue weighted by Gasteiger charge is -2.52. The van der Waals surface area contributed by atoms with E-state index in [1.54, 1.807) is 6.08 Å². The predicted molar refractivity (Wildman–Crippen MR) is 82.9 cm³/mol. The van der Waals surface area contributed by atoms with Gasteiger partial charge in [0.05, 0.1) is 12.1 Å². The fourth-order valence-electron chi connectivity index (χ4n) is 3.95. The monoisotopic (exact) mass is 339 g/mol. The van der Waals surface area contributed by atoms with Crippen molar-refractivity contribution in [2.45, 2.75) is 42.4 Å². The molecule has 24 heavy (non-hydrogen) atoms. The molecule has 0 aromatic rings. The van der Waals surface area contributed by atoms with Crippen molar-refractivity contribution < 1.29 is 19.7 Å². The van der Waals surface area contributed by atoms with Crippen molar-refractivity contribution in [1.82, 2.24) is 20.9 Å². The van der Waals surface area contributed by atoms with Crippen LogP contribution in [-0.4, -0.2) is 69.3 Å². The molecule has 3 fully saturated rings. The fourth-order valence-corrected chi connectivity index (χ4v) is 3.95. The summed E-state index contributed by atoms with van der Waals surface area (Å²) in [7, 11) is 0. The molecule has 3 saturated heterocycles. The first-order chi connectivity index (χ1) is 11.2. The number of primary amides is 1. The summed E-state index contributed by atoms with van der Waals surface area (Å²) in [5.41, 5.74) is 3.45. The molecule has 0 saturated carbocycles. The van der Waals surface area contributed by atoms with Gasteiger partial charge in [-0.15, -0.1) is 6.58 Å². The standard InChI is InChI=1S/C13H21N7O4/c1-2-3-6-4-12(22,23)13-8(18-9(14)19-13)7(5-24-11(16)21)17-10(15)20(6)13/h2,6-8,22-23H,1,3-5H2,(H2,15,17)(H2,16,21)(H3,14,18,19)/t6-,7-,8?,13-/m0/s1. The number of carbonyl (C=O) groups excluding carboxylic acids is 1. The van der Waals surface area contributed by atoms with Crippen LogP contribution in [0.2, 0.25) is 0 Å². The molecule has 3 rings (SSSR count). The Hall–Kier alpha value is -2.53. The van der Waals surface area contributed by atoms with Crippen molar-refractivity contribution in [1.29, 1.82) is 10.8 Å². The van der Waals surface area contributed by atoms with Gasteiger partial charge in [0, 0.05) is 12.5 Å². The Balaban J connectivity index is 2.01. The largest absolute Gasteiger partial charge is 0.447 e. The summed E-state index contributed by atoms with van der Waals surface area (Å²) < 4.78 is 4.80. The van der Waals surface area contributed by atoms with Gasteiger partial charge in [-0.1, -0.05) is 6.08 Å². The third-order valence-electron chi connectivity index (χ3n) is 4.75. The van der Waals surface area contributed by atoms with E-state index in [0.717, 1.165) is 0 Å². The summed E-state index contributed by atoms with van der Waals surface area (Å²) >= 11 is 0. The highest BCUT2D eigenvalue weighted by molar-refractivity contribution is 5.87. The van der Waals surface area contributed by atoms with Gasteiger partial charge in [-0.05, 0) is 6.42 Å². The van der Waals surface area contributed by atoms with Crippen LogP contribution in [0.1, 0.15) is 12.8 Å². The number of hydrogen-bond acceptors (Lipinski definition) is 6. The van der Waals surface area contributed by atoms with Gasteiger partial charge in [-0.3, -0.25) is 10.8 Å². The van der Waals surface area contributed by atoms with Crippen LogP contribution in [-0.2, 0) is 4.74 Å². The number of nitrogens with two attached hydrogens (primary N) is 1. The second-order valence-corrected chi connectivity index (χ2v) is 6.19. The average Bonchev–Trinajstić information content (AvgIpc) is 2.92. The van der Waals surface area contributed by atoms with Crippen molar-refractivity contribution in [2.24, 2.45) is 5.73 Å². The number of ether oxygens (including phenoxy) is 1. The number of rotatable bonds is 4. The average molecular weight is 339 g/mol. The number of aliphatic hydroxyl groups is 2. The second-order valence-electron chi connectivity index (χ2n) is 6.19. The fraction of sp³-hybridized carbons (Fsp3) is 0.615. The number of carbonyl (C=O) groups is 1. The highest BCUT2D eigenvalue weighted by Crippen LogP contribution is 2.46. The smallest absolute Gasteiger partial charge is 0.404 e. The number of nitrogens with one attached hydrogen (secondary N) is 5. The van der Waals surface area contributed by atoms with Gasteiger partial charge in [0.2, 0.25) is 5.79 Å². The summed E-state index contributed by atoms with van der Waals surface area (Å²) in [6.07, 6.45) is 1.05. The first-order valence-electron chi connectivity index (χ1n) is 7.48. The van der Waals surface area contributed by atoms with E-state index in [0.29, 0.717) is 6.42 Å². The molecular weight excluding hydrogens is 318 g/mol. The van der Waals surface area contributed by atoms with Crippen molar-refractivity contribution in [2.75, 3.05) is 6.61 Å². The van der Waals surface area contributed by atoms with Crippen LogP contribution < -0.4 is 21.7 Å². The molecule has 0 aromatic carbocycles. The molecule has 1 unspecified atom stereocenters. The molecule has 9 N–H and O–H groups in total. The highest BCUT2D eigenvalue weighted by atomic mass is 16.5. The SMILES string of the molecule is C=CC[C@H]1CC(O)(O)[C@]23NC(=N)NC2[C@H](COC(N)=O)NC(=N)N13. The van der Waals surface area contributed by atoms with Crippen LogP contribution in [0.5, 0.6) is 0 Å². The minimum absolute atomic E-state index is 0.0368. The van der Waals surface area contributed by atoms with Gasteiger partial charge >= 0.3 is 6.09 Å². The van der Waals surface area contributed by atoms with E-state index in [-0.39, 0.29) is 24.9 Å². The topological polar surface area (TPSA) is 180 Å². The molecule has 132 valence electrons. The maximum atomic E-state index is 10.9. The van der Waals surface area contributed by atoms with Crippen molar-refractivity contribution >= 4 is 18.0 Å². The summed E-state index contributed by atoms with van der Waals surface area (Å²) in [5.74, 6) is -2.40. The van der Waals surface area contributed by atoms with E-state index in [2.05, 4.69) is 22.5 Å². The molecule has 3 aliphatic rings. The summed E-state index contributed by atoms with van der Waals surface area (Å²) in [6.45, 7) is 3.47. The van der Waals surface area contributed by atoms with Crippen LogP contribution >= 0.6 is 0 Å². The molecule has 1 amide bonds. The number of nitrogens with zero attached hydrogens (tertiary/aromatic N) is 1. The molecule has 11 heteroatoms. The van der Waals surface area contributed by atoms with Crippen LogP contribution in [0, 0.1) is 10.8 Å². The molecule has 4 atom stereocenters. The molecule has 0 aliphatic carbocycles. The lowest BCUT2D eigenvalue weighted by atomic mass is 9.86. The van der Waals surface area contributed by atoms with E-state index in [4.69, 9.17) is 21.3 Å². The van der Waals surface area contributed by atoms with Crippen molar-refractivity contribution in [3.8, 4) is 0 Å². The molecule has 0 bridgehead atoms. The Morgan fingerprint density at radius 2 is 2.21 bits per heavy atom. The van der Waals surface area contributed by atoms with Crippen LogP contribution in [0.15, 0.2) is 12.7 Å². The molecule has 1 spiro atoms. The first-order valence-corrected chi connectivity index (χ1v) is 7.48. The van der Waals surface area contributed by atoms with E-state index in [1.165, 1.54) is 4.90 Å². The van der Waals surface area contributed by atoms with E-state index in [1.807, 2.05) is 0 Å². The molecule has 0 aromatic heterocycles. The van der Waals surface area contributed by atoms with Gasteiger partial charge in [0.25, 0.3) is 0 Å². The van der Waals surface area contributed by atoms with Gasteiger partial charge in [0.1, 0.15) is 6.61 Å². The Bertz CT molecular complexity index is 609. The quantitative estimate of drug-likeness (QED) is 0.205. The minimum atomic E-state index is -2.22. The van der Waals surface area contributed by atoms with Gasteiger partial charge in [-0.2, -0.15) is 0 Å². The zero-order valence-electron chi connectivity index (χ0n) is 12.9. The zero-order chi connectivity index (χ0) is 17.7. The number of amides is 1. The van der Waals surface area contributed by atoms with Gasteiger partial charge < -0.3 is 41.5 Å². The highest BCUT2D eigenvalue weighted by Gasteiger charge is 2.72. The minimum Gasteiger partial charge on any atom is -0.447 e. The molecule has 11 nitrogen and oxygen atoms in total. The lowest BCUT2D eigenvalue weighted by Crippen LogP contribution is -2.80. The summed E-state index contributed by atoms with van der Waals surface area (Å²) in [4.78, 5) is 12.4. The van der Waals surface area contributed by atoms with E-state index >= 15 is 0 Å². The van der Waals surface area contributed by atoms with Crippen LogP contribution in [0.3, 0.4) is 0 Å².